The fraction of sp³-hybridized carbons (Fsp3) is 0.474. The van der Waals surface area contributed by atoms with Crippen molar-refractivity contribution < 1.29 is 49.9 Å². The number of rotatable bonds is 16. The maximum atomic E-state index is 6.48. The number of para-hydroxylation sites is 8. The van der Waals surface area contributed by atoms with Gasteiger partial charge in [0.2, 0.25) is 11.8 Å². The molecular weight excluding hydrogens is 1340 g/mol. The number of quaternary nitrogens is 1. The van der Waals surface area contributed by atoms with E-state index in [0.717, 1.165) is 57.0 Å². The average Bonchev–Trinajstić information content (AvgIpc) is 1.56. The zero-order chi connectivity index (χ0) is 79.7. The van der Waals surface area contributed by atoms with Crippen molar-refractivity contribution in [1.82, 2.24) is 9.13 Å². The fourth-order valence-corrected chi connectivity index (χ4v) is 15.2. The number of fused-ring (bicyclic) bond motifs is 8. The first-order valence-electron chi connectivity index (χ1n) is 39.6. The number of hydrogen-bond donors (Lipinski definition) is 0. The molecule has 7 aromatic carbocycles. The van der Waals surface area contributed by atoms with E-state index < -0.39 is 5.60 Å². The molecule has 0 fully saturated rings. The summed E-state index contributed by atoms with van der Waals surface area (Å²) in [4.78, 5) is 0. The Bertz CT molecular complexity index is 5160. The van der Waals surface area contributed by atoms with E-state index in [1.165, 1.54) is 71.4 Å². The van der Waals surface area contributed by atoms with Crippen molar-refractivity contribution in [3.8, 4) is 12.0 Å². The van der Waals surface area contributed by atoms with Gasteiger partial charge in [0.25, 0.3) is 5.52 Å². The zero-order valence-electron chi connectivity index (χ0n) is 71.6. The lowest BCUT2D eigenvalue weighted by Gasteiger charge is -2.44. The summed E-state index contributed by atoms with van der Waals surface area (Å²) in [5, 5.41) is 5.08. The molecule has 13 aromatic rings. The van der Waals surface area contributed by atoms with Gasteiger partial charge < -0.3 is 31.6 Å². The fourth-order valence-electron chi connectivity index (χ4n) is 15.2. The second kappa shape index (κ2) is 32.9. The average molecular weight is 1470 g/mol. The highest BCUT2D eigenvalue weighted by Crippen LogP contribution is 2.41. The summed E-state index contributed by atoms with van der Waals surface area (Å²) < 4.78 is 50.3. The van der Waals surface area contributed by atoms with Crippen LogP contribution in [0.5, 0.6) is 0 Å². The van der Waals surface area contributed by atoms with Gasteiger partial charge in [-0.15, -0.1) is 0 Å². The maximum absolute atomic E-state index is 6.48. The van der Waals surface area contributed by atoms with Crippen LogP contribution in [0.25, 0.3) is 77.8 Å². The maximum Gasteiger partial charge on any atom is 0.468 e. The Morgan fingerprint density at radius 2 is 0.815 bits per heavy atom. The molecule has 108 heavy (non-hydrogen) atoms. The minimum Gasteiger partial charge on any atom is -0.408 e. The quantitative estimate of drug-likeness (QED) is 0.0706. The van der Waals surface area contributed by atoms with Crippen molar-refractivity contribution in [2.45, 2.75) is 283 Å². The van der Waals surface area contributed by atoms with Crippen LogP contribution in [0.4, 0.5) is 0 Å². The topological polar surface area (TPSA) is 96.4 Å². The molecule has 0 radical (unpaired) electrons. The van der Waals surface area contributed by atoms with Crippen LogP contribution in [-0.4, -0.2) is 45.5 Å². The summed E-state index contributed by atoms with van der Waals surface area (Å²) in [6, 6.07) is 56.8. The number of benzene rings is 7. The Morgan fingerprint density at radius 3 is 1.27 bits per heavy atom. The Kier molecular flexibility index (Phi) is 25.4. The van der Waals surface area contributed by atoms with Crippen molar-refractivity contribution in [3.05, 3.63) is 216 Å². The van der Waals surface area contributed by atoms with Crippen molar-refractivity contribution in [3.63, 3.8) is 0 Å². The minimum atomic E-state index is -0.447. The molecule has 13 nitrogen and oxygen atoms in total. The zero-order valence-corrected chi connectivity index (χ0v) is 71.6. The molecule has 0 unspecified atom stereocenters. The van der Waals surface area contributed by atoms with Gasteiger partial charge >= 0.3 is 23.8 Å². The van der Waals surface area contributed by atoms with Crippen LogP contribution in [0, 0.1) is 0 Å². The first kappa shape index (κ1) is 83.4. The summed E-state index contributed by atoms with van der Waals surface area (Å²) >= 11 is 0. The summed E-state index contributed by atoms with van der Waals surface area (Å²) in [6.45, 7) is 64.8. The SMILES string of the molecule is CC(C)(C)c1cccc(C[N+](C)(C)C(C)(C)C)c1C(C)(C)C.CC(C)OC(C)(C)c1oc2ccccc2[n+]1C(C)C.CC(C)OC(C)(C)c1occ[n+]1C(C)C.CC(C)c1cccc2c3ccccc3n(-c3oc4ccccc4[n+]3C(C)C)c12.CC(C)c1cccc2c3ccccc3n(-c3occ[n+]3C(C)C)c12. The standard InChI is InChI=1S/C25H25N2O.C21H23N2O.C21H38N.C16H24NO2.C12H22NO2/c1-16(2)18-11-9-12-20-19-10-5-6-13-21(19)27(24(18)20)25-26(17(3)4)22-14-7-8-15-23(22)28-25;1-14(2)16-9-7-10-18-17-8-5-6-11-19(17)23(20(16)18)21-22(15(3)4)12-13-24-21;1-19(2,3)17-14-12-13-16(18(17)20(4,5)6)15-22(10,11)21(7,8)9;1-11(2)17-13-9-7-8-10-14(13)18-15(17)16(5,6)19-12(3)4;1-9(2)13-7-8-14-11(13)12(5,6)15-10(3)4/h5-17H,1-4H3;5-15H,1-4H3;12-14H,15H2,1-11H3;7-12H,1-6H3;7-10H,1-6H3/q5*+1. The van der Waals surface area contributed by atoms with Crippen LogP contribution in [0.15, 0.2) is 194 Å². The molecule has 0 N–H and O–H groups in total. The number of nitrogens with zero attached hydrogens (tertiary/aromatic N) is 7. The Balaban J connectivity index is 0.000000158. The third-order valence-corrected chi connectivity index (χ3v) is 20.7. The minimum absolute atomic E-state index is 0.156. The van der Waals surface area contributed by atoms with Crippen molar-refractivity contribution >= 4 is 65.8 Å². The highest BCUT2D eigenvalue weighted by molar-refractivity contribution is 6.11. The van der Waals surface area contributed by atoms with Crippen LogP contribution in [0.3, 0.4) is 0 Å². The van der Waals surface area contributed by atoms with E-state index in [1.807, 2.05) is 78.2 Å². The second-order valence-electron chi connectivity index (χ2n) is 36.3. The predicted octanol–water partition coefficient (Wildman–Crippen LogP) is 24.3. The molecule has 0 aliphatic rings. The Hall–Kier alpha value is -8.62. The summed E-state index contributed by atoms with van der Waals surface area (Å²) in [6.07, 6.45) is 7.79. The van der Waals surface area contributed by atoms with Crippen LogP contribution in [-0.2, 0) is 38.1 Å². The van der Waals surface area contributed by atoms with Crippen molar-refractivity contribution in [2.24, 2.45) is 0 Å². The van der Waals surface area contributed by atoms with Gasteiger partial charge in [0.15, 0.2) is 40.6 Å². The largest absolute Gasteiger partial charge is 0.468 e. The first-order valence-corrected chi connectivity index (χ1v) is 39.6. The smallest absolute Gasteiger partial charge is 0.408 e. The number of oxazole rings is 4. The van der Waals surface area contributed by atoms with Gasteiger partial charge in [-0.05, 0) is 220 Å². The van der Waals surface area contributed by atoms with E-state index in [-0.39, 0.29) is 40.2 Å². The van der Waals surface area contributed by atoms with Gasteiger partial charge in [-0.1, -0.05) is 160 Å². The molecule has 0 saturated heterocycles. The monoisotopic (exact) mass is 1470 g/mol. The number of hydrogen-bond acceptors (Lipinski definition) is 6. The molecule has 0 aliphatic heterocycles. The van der Waals surface area contributed by atoms with Crippen LogP contribution < -0.4 is 18.3 Å². The van der Waals surface area contributed by atoms with Crippen molar-refractivity contribution in [1.29, 1.82) is 0 Å². The molecule has 0 spiro atoms. The summed E-state index contributed by atoms with van der Waals surface area (Å²) in [7, 11) is 4.69. The van der Waals surface area contributed by atoms with E-state index >= 15 is 0 Å². The van der Waals surface area contributed by atoms with E-state index in [4.69, 9.17) is 27.1 Å². The second-order valence-corrected chi connectivity index (χ2v) is 36.3. The summed E-state index contributed by atoms with van der Waals surface area (Å²) in [5.41, 5.74) is 15.9. The Labute approximate surface area is 646 Å². The van der Waals surface area contributed by atoms with Crippen LogP contribution >= 0.6 is 0 Å². The van der Waals surface area contributed by atoms with E-state index in [0.29, 0.717) is 30.0 Å². The first-order chi connectivity index (χ1) is 50.4. The molecule has 0 aliphatic carbocycles. The molecule has 6 heterocycles. The molecule has 578 valence electrons. The van der Waals surface area contributed by atoms with Crippen molar-refractivity contribution in [2.75, 3.05) is 14.1 Å². The van der Waals surface area contributed by atoms with Crippen LogP contribution in [0.1, 0.15) is 276 Å². The lowest BCUT2D eigenvalue weighted by Crippen LogP contribution is -2.53. The third-order valence-electron chi connectivity index (χ3n) is 20.7. The van der Waals surface area contributed by atoms with Gasteiger partial charge in [-0.3, -0.25) is 0 Å². The molecule has 0 saturated carbocycles. The lowest BCUT2D eigenvalue weighted by atomic mass is 9.73. The van der Waals surface area contributed by atoms with Gasteiger partial charge in [0.1, 0.15) is 41.1 Å². The van der Waals surface area contributed by atoms with Gasteiger partial charge in [-0.25, -0.2) is 0 Å². The third kappa shape index (κ3) is 17.8. The lowest BCUT2D eigenvalue weighted by molar-refractivity contribution is -0.948. The number of ether oxygens (including phenoxy) is 2. The normalized spacial score (nSPS) is 12.8. The van der Waals surface area contributed by atoms with E-state index in [2.05, 4.69) is 328 Å². The molecule has 0 amide bonds. The molecule has 13 rings (SSSR count). The molecule has 6 aromatic heterocycles. The van der Waals surface area contributed by atoms with Gasteiger partial charge in [-0.2, -0.15) is 27.4 Å². The highest BCUT2D eigenvalue weighted by Gasteiger charge is 2.42. The molecular formula is C95H132N7O6+5. The molecule has 13 heteroatoms. The van der Waals surface area contributed by atoms with Gasteiger partial charge in [0.05, 0.1) is 43.9 Å². The summed E-state index contributed by atoms with van der Waals surface area (Å²) in [5.74, 6) is 2.60. The van der Waals surface area contributed by atoms with Gasteiger partial charge in [0, 0.05) is 44.3 Å². The Morgan fingerprint density at radius 1 is 0.398 bits per heavy atom. The molecule has 0 bridgehead atoms. The predicted molar refractivity (Wildman–Crippen MR) is 447 cm³/mol. The van der Waals surface area contributed by atoms with Crippen LogP contribution in [0.2, 0.25) is 0 Å². The molecule has 0 atom stereocenters. The van der Waals surface area contributed by atoms with E-state index in [9.17, 15) is 0 Å². The number of aromatic nitrogens is 6. The van der Waals surface area contributed by atoms with E-state index in [1.54, 1.807) is 12.5 Å². The highest BCUT2D eigenvalue weighted by atomic mass is 16.5.